The van der Waals surface area contributed by atoms with Crippen LogP contribution in [-0.4, -0.2) is 20.2 Å². The molecule has 1 N–H and O–H groups in total. The Bertz CT molecular complexity index is 364. The van der Waals surface area contributed by atoms with Gasteiger partial charge in [0.05, 0.1) is 6.61 Å². The van der Waals surface area contributed by atoms with Crippen molar-refractivity contribution in [1.82, 2.24) is 5.32 Å². The highest BCUT2D eigenvalue weighted by Gasteiger charge is 2.26. The van der Waals surface area contributed by atoms with Crippen molar-refractivity contribution >= 4 is 0 Å². The Hall–Kier alpha value is -1.02. The van der Waals surface area contributed by atoms with Crippen LogP contribution in [0.5, 0.6) is 5.75 Å². The van der Waals surface area contributed by atoms with Crippen LogP contribution >= 0.6 is 0 Å². The third-order valence-corrected chi connectivity index (χ3v) is 3.95. The van der Waals surface area contributed by atoms with Gasteiger partial charge in [0.1, 0.15) is 5.75 Å². The Morgan fingerprint density at radius 2 is 2.06 bits per heavy atom. The largest absolute Gasteiger partial charge is 0.493 e. The van der Waals surface area contributed by atoms with Crippen molar-refractivity contribution in [3.63, 3.8) is 0 Å². The molecule has 0 bridgehead atoms. The molecule has 0 spiro atoms. The van der Waals surface area contributed by atoms with E-state index in [1.54, 1.807) is 0 Å². The highest BCUT2D eigenvalue weighted by atomic mass is 16.5. The van der Waals surface area contributed by atoms with Crippen LogP contribution in [0.2, 0.25) is 0 Å². The molecule has 0 aliphatic carbocycles. The minimum atomic E-state index is 0.584. The molecule has 0 aromatic heterocycles. The summed E-state index contributed by atoms with van der Waals surface area (Å²) in [6.45, 7) is 6.62. The number of hydrogen-bond acceptors (Lipinski definition) is 2. The number of fused-ring (bicyclic) bond motifs is 1. The van der Waals surface area contributed by atoms with Gasteiger partial charge < -0.3 is 10.1 Å². The predicted octanol–water partition coefficient (Wildman–Crippen LogP) is 3.04. The summed E-state index contributed by atoms with van der Waals surface area (Å²) in [5.41, 5.74) is 1.40. The molecule has 1 aliphatic rings. The summed E-state index contributed by atoms with van der Waals surface area (Å²) in [7, 11) is 2.03. The summed E-state index contributed by atoms with van der Waals surface area (Å²) in [5, 5.41) is 3.26. The highest BCUT2D eigenvalue weighted by molar-refractivity contribution is 5.39. The van der Waals surface area contributed by atoms with Crippen molar-refractivity contribution in [1.29, 1.82) is 0 Å². The van der Waals surface area contributed by atoms with Gasteiger partial charge in [0.25, 0.3) is 0 Å². The van der Waals surface area contributed by atoms with Crippen molar-refractivity contribution in [2.24, 2.45) is 11.8 Å². The molecule has 2 heteroatoms. The molecule has 1 aliphatic heterocycles. The average Bonchev–Trinajstić information content (AvgIpc) is 2.73. The number of para-hydroxylation sites is 1. The molecule has 1 aromatic rings. The number of ether oxygens (including phenoxy) is 1. The van der Waals surface area contributed by atoms with Gasteiger partial charge in [0.2, 0.25) is 0 Å². The van der Waals surface area contributed by atoms with Gasteiger partial charge in [-0.3, -0.25) is 0 Å². The molecule has 0 saturated carbocycles. The Labute approximate surface area is 104 Å². The topological polar surface area (TPSA) is 21.3 Å². The summed E-state index contributed by atoms with van der Waals surface area (Å²) in [5.74, 6) is 3.11. The maximum atomic E-state index is 5.74. The highest BCUT2D eigenvalue weighted by Crippen LogP contribution is 2.38. The maximum Gasteiger partial charge on any atom is 0.122 e. The summed E-state index contributed by atoms with van der Waals surface area (Å²) in [4.78, 5) is 0. The van der Waals surface area contributed by atoms with Gasteiger partial charge in [0, 0.05) is 11.5 Å². The van der Waals surface area contributed by atoms with Crippen molar-refractivity contribution in [2.75, 3.05) is 20.2 Å². The van der Waals surface area contributed by atoms with Crippen LogP contribution < -0.4 is 10.1 Å². The minimum absolute atomic E-state index is 0.584. The molecule has 2 nitrogen and oxygen atoms in total. The van der Waals surface area contributed by atoms with Gasteiger partial charge in [-0.15, -0.1) is 0 Å². The Morgan fingerprint density at radius 1 is 1.29 bits per heavy atom. The average molecular weight is 233 g/mol. The van der Waals surface area contributed by atoms with E-state index in [4.69, 9.17) is 4.74 Å². The molecule has 94 valence electrons. The summed E-state index contributed by atoms with van der Waals surface area (Å²) >= 11 is 0. The van der Waals surface area contributed by atoms with Gasteiger partial charge in [-0.1, -0.05) is 32.0 Å². The molecule has 1 heterocycles. The molecule has 0 fully saturated rings. The lowest BCUT2D eigenvalue weighted by molar-refractivity contribution is 0.280. The van der Waals surface area contributed by atoms with E-state index in [0.717, 1.165) is 24.8 Å². The standard InChI is InChI=1S/C15H23NO/c1-11(12(2)9-16-3)8-13-10-17-15-7-5-4-6-14(13)15/h4-7,11-13,16H,8-10H2,1-3H3. The van der Waals surface area contributed by atoms with Crippen LogP contribution in [0.15, 0.2) is 24.3 Å². The van der Waals surface area contributed by atoms with Gasteiger partial charge in [0.15, 0.2) is 0 Å². The fourth-order valence-corrected chi connectivity index (χ4v) is 2.63. The van der Waals surface area contributed by atoms with Crippen LogP contribution in [0.25, 0.3) is 0 Å². The Balaban J connectivity index is 1.97. The lowest BCUT2D eigenvalue weighted by atomic mass is 9.84. The van der Waals surface area contributed by atoms with E-state index >= 15 is 0 Å². The van der Waals surface area contributed by atoms with Crippen LogP contribution in [0, 0.1) is 11.8 Å². The molecular weight excluding hydrogens is 210 g/mol. The first-order valence-electron chi connectivity index (χ1n) is 6.58. The lowest BCUT2D eigenvalue weighted by Gasteiger charge is -2.22. The second-order valence-corrected chi connectivity index (χ2v) is 5.29. The van der Waals surface area contributed by atoms with E-state index in [1.807, 2.05) is 13.1 Å². The van der Waals surface area contributed by atoms with Crippen molar-refractivity contribution < 1.29 is 4.74 Å². The zero-order valence-corrected chi connectivity index (χ0v) is 11.1. The fourth-order valence-electron chi connectivity index (χ4n) is 2.63. The van der Waals surface area contributed by atoms with Crippen molar-refractivity contribution in [3.8, 4) is 5.75 Å². The normalized spacial score (nSPS) is 21.7. The lowest BCUT2D eigenvalue weighted by Crippen LogP contribution is -2.23. The number of hydrogen-bond donors (Lipinski definition) is 1. The number of nitrogens with one attached hydrogen (secondary N) is 1. The van der Waals surface area contributed by atoms with E-state index in [-0.39, 0.29) is 0 Å². The zero-order valence-electron chi connectivity index (χ0n) is 11.1. The number of benzene rings is 1. The first kappa shape index (κ1) is 12.4. The molecule has 17 heavy (non-hydrogen) atoms. The van der Waals surface area contributed by atoms with Crippen LogP contribution in [0.3, 0.4) is 0 Å². The van der Waals surface area contributed by atoms with E-state index in [9.17, 15) is 0 Å². The van der Waals surface area contributed by atoms with Gasteiger partial charge in [-0.05, 0) is 37.9 Å². The second kappa shape index (κ2) is 5.54. The smallest absolute Gasteiger partial charge is 0.122 e. The summed E-state index contributed by atoms with van der Waals surface area (Å²) in [6.07, 6.45) is 1.22. The Morgan fingerprint density at radius 3 is 2.82 bits per heavy atom. The molecule has 0 amide bonds. The quantitative estimate of drug-likeness (QED) is 0.844. The van der Waals surface area contributed by atoms with E-state index < -0.39 is 0 Å². The first-order valence-corrected chi connectivity index (χ1v) is 6.58. The molecule has 3 unspecified atom stereocenters. The van der Waals surface area contributed by atoms with Crippen LogP contribution in [0.4, 0.5) is 0 Å². The number of rotatable bonds is 5. The van der Waals surface area contributed by atoms with Crippen LogP contribution in [0.1, 0.15) is 31.7 Å². The molecular formula is C15H23NO. The third-order valence-electron chi connectivity index (χ3n) is 3.95. The molecule has 3 atom stereocenters. The molecule has 0 radical (unpaired) electrons. The van der Waals surface area contributed by atoms with Crippen LogP contribution in [-0.2, 0) is 0 Å². The van der Waals surface area contributed by atoms with Crippen molar-refractivity contribution in [3.05, 3.63) is 29.8 Å². The second-order valence-electron chi connectivity index (χ2n) is 5.29. The predicted molar refractivity (Wildman–Crippen MR) is 71.5 cm³/mol. The van der Waals surface area contributed by atoms with E-state index in [2.05, 4.69) is 37.4 Å². The Kier molecular flexibility index (Phi) is 4.06. The third kappa shape index (κ3) is 2.81. The minimum Gasteiger partial charge on any atom is -0.493 e. The van der Waals surface area contributed by atoms with E-state index in [1.165, 1.54) is 12.0 Å². The van der Waals surface area contributed by atoms with Crippen molar-refractivity contribution in [2.45, 2.75) is 26.2 Å². The fraction of sp³-hybridized carbons (Fsp3) is 0.600. The molecule has 0 saturated heterocycles. The summed E-state index contributed by atoms with van der Waals surface area (Å²) in [6, 6.07) is 8.45. The molecule has 1 aromatic carbocycles. The molecule has 2 rings (SSSR count). The van der Waals surface area contributed by atoms with Gasteiger partial charge in [-0.2, -0.15) is 0 Å². The SMILES string of the molecule is CNCC(C)C(C)CC1COc2ccccc21. The van der Waals surface area contributed by atoms with E-state index in [0.29, 0.717) is 11.8 Å². The zero-order chi connectivity index (χ0) is 12.3. The first-order chi connectivity index (χ1) is 8.22. The monoisotopic (exact) mass is 233 g/mol. The van der Waals surface area contributed by atoms with Gasteiger partial charge in [-0.25, -0.2) is 0 Å². The summed E-state index contributed by atoms with van der Waals surface area (Å²) < 4.78 is 5.74. The van der Waals surface area contributed by atoms with Gasteiger partial charge >= 0.3 is 0 Å². The maximum absolute atomic E-state index is 5.74.